The standard InChI is InChI=1S/C23H23N3O3/c27-23-20-5-1-2-6-21(20)24-22(26(23)16-19-4-3-13-29-19)17-7-9-18(10-8-17)25-11-14-28-15-12-25/h1-10,13,22,24H,11-12,14-16H2. The van der Waals surface area contributed by atoms with Crippen LogP contribution in [0.15, 0.2) is 71.3 Å². The van der Waals surface area contributed by atoms with Gasteiger partial charge in [-0.3, -0.25) is 4.79 Å². The fourth-order valence-corrected chi connectivity index (χ4v) is 3.98. The minimum atomic E-state index is -0.263. The summed E-state index contributed by atoms with van der Waals surface area (Å²) in [6.07, 6.45) is 1.37. The van der Waals surface area contributed by atoms with Crippen molar-refractivity contribution in [3.63, 3.8) is 0 Å². The predicted octanol–water partition coefficient (Wildman–Crippen LogP) is 3.88. The molecule has 5 rings (SSSR count). The first-order valence-corrected chi connectivity index (χ1v) is 9.91. The molecule has 3 aromatic rings. The molecule has 0 radical (unpaired) electrons. The van der Waals surface area contributed by atoms with Crippen molar-refractivity contribution >= 4 is 17.3 Å². The number of hydrogen-bond donors (Lipinski definition) is 1. The van der Waals surface area contributed by atoms with Crippen LogP contribution < -0.4 is 10.2 Å². The van der Waals surface area contributed by atoms with Crippen LogP contribution in [0.4, 0.5) is 11.4 Å². The van der Waals surface area contributed by atoms with E-state index in [9.17, 15) is 4.79 Å². The molecule has 1 saturated heterocycles. The van der Waals surface area contributed by atoms with Crippen LogP contribution in [-0.2, 0) is 11.3 Å². The zero-order valence-electron chi connectivity index (χ0n) is 16.1. The molecule has 0 aliphatic carbocycles. The van der Waals surface area contributed by atoms with E-state index >= 15 is 0 Å². The second kappa shape index (κ2) is 7.64. The fraction of sp³-hybridized carbons (Fsp3) is 0.261. The Morgan fingerprint density at radius 2 is 1.76 bits per heavy atom. The lowest BCUT2D eigenvalue weighted by Gasteiger charge is -2.38. The fourth-order valence-electron chi connectivity index (χ4n) is 3.98. The van der Waals surface area contributed by atoms with Crippen molar-refractivity contribution in [2.75, 3.05) is 36.5 Å². The lowest BCUT2D eigenvalue weighted by molar-refractivity contribution is 0.0651. The highest BCUT2D eigenvalue weighted by Gasteiger charge is 2.33. The third kappa shape index (κ3) is 3.47. The Bertz CT molecular complexity index is 979. The van der Waals surface area contributed by atoms with Crippen molar-refractivity contribution in [3.05, 3.63) is 83.8 Å². The molecule has 0 bridgehead atoms. The minimum Gasteiger partial charge on any atom is -0.467 e. The average molecular weight is 389 g/mol. The number of rotatable bonds is 4. The van der Waals surface area contributed by atoms with Crippen LogP contribution >= 0.6 is 0 Å². The van der Waals surface area contributed by atoms with Gasteiger partial charge in [0.15, 0.2) is 0 Å². The molecule has 1 amide bonds. The Kier molecular flexibility index (Phi) is 4.69. The van der Waals surface area contributed by atoms with Crippen molar-refractivity contribution in [2.24, 2.45) is 0 Å². The third-order valence-electron chi connectivity index (χ3n) is 5.51. The second-order valence-corrected chi connectivity index (χ2v) is 7.30. The number of para-hydroxylation sites is 1. The molecule has 1 unspecified atom stereocenters. The summed E-state index contributed by atoms with van der Waals surface area (Å²) in [4.78, 5) is 17.4. The number of anilines is 2. The number of fused-ring (bicyclic) bond motifs is 1. The molecule has 1 aromatic heterocycles. The van der Waals surface area contributed by atoms with Gasteiger partial charge in [-0.1, -0.05) is 24.3 Å². The number of benzene rings is 2. The highest BCUT2D eigenvalue weighted by molar-refractivity contribution is 6.01. The molecular weight excluding hydrogens is 366 g/mol. The van der Waals surface area contributed by atoms with Crippen molar-refractivity contribution in [3.8, 4) is 0 Å². The summed E-state index contributed by atoms with van der Waals surface area (Å²) < 4.78 is 11.0. The third-order valence-corrected chi connectivity index (χ3v) is 5.51. The lowest BCUT2D eigenvalue weighted by Crippen LogP contribution is -2.42. The van der Waals surface area contributed by atoms with Gasteiger partial charge < -0.3 is 24.3 Å². The first-order chi connectivity index (χ1) is 14.3. The first kappa shape index (κ1) is 17.8. The molecule has 29 heavy (non-hydrogen) atoms. The molecular formula is C23H23N3O3. The zero-order valence-corrected chi connectivity index (χ0v) is 16.1. The Labute approximate surface area is 169 Å². The van der Waals surface area contributed by atoms with Crippen LogP contribution in [0.1, 0.15) is 27.8 Å². The Balaban J connectivity index is 1.46. The number of carbonyl (C=O) groups excluding carboxylic acids is 1. The monoisotopic (exact) mass is 389 g/mol. The summed E-state index contributed by atoms with van der Waals surface area (Å²) in [7, 11) is 0. The molecule has 2 aromatic carbocycles. The molecule has 1 fully saturated rings. The molecule has 148 valence electrons. The number of nitrogens with one attached hydrogen (secondary N) is 1. The van der Waals surface area contributed by atoms with Gasteiger partial charge in [0, 0.05) is 24.5 Å². The summed E-state index contributed by atoms with van der Waals surface area (Å²) in [6.45, 7) is 3.72. The van der Waals surface area contributed by atoms with Gasteiger partial charge in [-0.2, -0.15) is 0 Å². The Morgan fingerprint density at radius 3 is 2.52 bits per heavy atom. The molecule has 6 nitrogen and oxygen atoms in total. The molecule has 3 heterocycles. The largest absolute Gasteiger partial charge is 0.467 e. The SMILES string of the molecule is O=C1c2ccccc2NC(c2ccc(N3CCOCC3)cc2)N1Cc1ccco1. The topological polar surface area (TPSA) is 58.0 Å². The zero-order chi connectivity index (χ0) is 19.6. The van der Waals surface area contributed by atoms with Crippen LogP contribution in [0.5, 0.6) is 0 Å². The van der Waals surface area contributed by atoms with Crippen molar-refractivity contribution in [1.29, 1.82) is 0 Å². The van der Waals surface area contributed by atoms with Gasteiger partial charge in [-0.25, -0.2) is 0 Å². The van der Waals surface area contributed by atoms with Crippen LogP contribution in [-0.4, -0.2) is 37.1 Å². The van der Waals surface area contributed by atoms with Crippen LogP contribution in [0.3, 0.4) is 0 Å². The number of nitrogens with zero attached hydrogens (tertiary/aromatic N) is 2. The number of amides is 1. The van der Waals surface area contributed by atoms with Crippen molar-refractivity contribution in [1.82, 2.24) is 4.90 Å². The first-order valence-electron chi connectivity index (χ1n) is 9.91. The second-order valence-electron chi connectivity index (χ2n) is 7.30. The van der Waals surface area contributed by atoms with Crippen LogP contribution in [0.25, 0.3) is 0 Å². The van der Waals surface area contributed by atoms with Gasteiger partial charge in [0.1, 0.15) is 11.9 Å². The average Bonchev–Trinajstić information content (AvgIpc) is 3.30. The van der Waals surface area contributed by atoms with E-state index in [-0.39, 0.29) is 12.1 Å². The Morgan fingerprint density at radius 1 is 0.966 bits per heavy atom. The maximum Gasteiger partial charge on any atom is 0.258 e. The molecule has 0 spiro atoms. The molecule has 6 heteroatoms. The van der Waals surface area contributed by atoms with E-state index in [0.717, 1.165) is 43.3 Å². The smallest absolute Gasteiger partial charge is 0.258 e. The number of ether oxygens (including phenoxy) is 1. The minimum absolute atomic E-state index is 0.00185. The molecule has 1 atom stereocenters. The maximum atomic E-state index is 13.3. The summed E-state index contributed by atoms with van der Waals surface area (Å²) in [5, 5.41) is 3.54. The summed E-state index contributed by atoms with van der Waals surface area (Å²) in [5.74, 6) is 0.757. The molecule has 1 N–H and O–H groups in total. The maximum absolute atomic E-state index is 13.3. The summed E-state index contributed by atoms with van der Waals surface area (Å²) in [6, 6.07) is 19.8. The van der Waals surface area contributed by atoms with E-state index in [1.165, 1.54) is 5.69 Å². The number of morpholine rings is 1. The Hall–Kier alpha value is -3.25. The molecule has 2 aliphatic heterocycles. The van der Waals surface area contributed by atoms with Gasteiger partial charge in [-0.05, 0) is 42.0 Å². The van der Waals surface area contributed by atoms with E-state index < -0.39 is 0 Å². The number of carbonyl (C=O) groups is 1. The van der Waals surface area contributed by atoms with Gasteiger partial charge >= 0.3 is 0 Å². The lowest BCUT2D eigenvalue weighted by atomic mass is 10.0. The summed E-state index contributed by atoms with van der Waals surface area (Å²) >= 11 is 0. The van der Waals surface area contributed by atoms with Crippen LogP contribution in [0.2, 0.25) is 0 Å². The highest BCUT2D eigenvalue weighted by atomic mass is 16.5. The van der Waals surface area contributed by atoms with E-state index in [0.29, 0.717) is 12.1 Å². The van der Waals surface area contributed by atoms with E-state index in [1.807, 2.05) is 41.3 Å². The predicted molar refractivity (Wildman–Crippen MR) is 111 cm³/mol. The molecule has 0 saturated carbocycles. The van der Waals surface area contributed by atoms with Crippen molar-refractivity contribution < 1.29 is 13.9 Å². The summed E-state index contributed by atoms with van der Waals surface area (Å²) in [5.41, 5.74) is 3.75. The van der Waals surface area contributed by atoms with Crippen LogP contribution in [0, 0.1) is 0 Å². The van der Waals surface area contributed by atoms with Gasteiger partial charge in [-0.15, -0.1) is 0 Å². The van der Waals surface area contributed by atoms with E-state index in [2.05, 4.69) is 34.5 Å². The van der Waals surface area contributed by atoms with Gasteiger partial charge in [0.05, 0.1) is 31.6 Å². The van der Waals surface area contributed by atoms with Gasteiger partial charge in [0.2, 0.25) is 0 Å². The number of furan rings is 1. The van der Waals surface area contributed by atoms with Gasteiger partial charge in [0.25, 0.3) is 5.91 Å². The van der Waals surface area contributed by atoms with E-state index in [1.54, 1.807) is 6.26 Å². The highest BCUT2D eigenvalue weighted by Crippen LogP contribution is 2.34. The normalized spacial score (nSPS) is 19.0. The molecule has 2 aliphatic rings. The number of hydrogen-bond acceptors (Lipinski definition) is 5. The van der Waals surface area contributed by atoms with E-state index in [4.69, 9.17) is 9.15 Å². The quantitative estimate of drug-likeness (QED) is 0.734. The van der Waals surface area contributed by atoms with Crippen molar-refractivity contribution in [2.45, 2.75) is 12.7 Å².